The number of rotatable bonds is 8. The van der Waals surface area contributed by atoms with Crippen LogP contribution in [-0.2, 0) is 10.8 Å². The summed E-state index contributed by atoms with van der Waals surface area (Å²) >= 11 is 0. The fourth-order valence-corrected chi connectivity index (χ4v) is 2.77. The van der Waals surface area contributed by atoms with Gasteiger partial charge in [0.2, 0.25) is 0 Å². The molecule has 74 valence electrons. The molecule has 0 saturated carbocycles. The van der Waals surface area contributed by atoms with Crippen molar-refractivity contribution >= 4 is 32.4 Å². The first-order valence-corrected chi connectivity index (χ1v) is 7.68. The van der Waals surface area contributed by atoms with Crippen molar-refractivity contribution in [2.75, 3.05) is 17.3 Å². The van der Waals surface area contributed by atoms with Gasteiger partial charge < -0.3 is 0 Å². The van der Waals surface area contributed by atoms with E-state index in [0.717, 1.165) is 5.75 Å². The van der Waals surface area contributed by atoms with Crippen LogP contribution in [-0.4, -0.2) is 21.5 Å². The van der Waals surface area contributed by atoms with Crippen molar-refractivity contribution in [2.45, 2.75) is 0 Å². The van der Waals surface area contributed by atoms with Crippen LogP contribution in [0.25, 0.3) is 0 Å². The van der Waals surface area contributed by atoms with Crippen molar-refractivity contribution in [3.05, 3.63) is 36.8 Å². The molecular weight excluding hydrogens is 220 g/mol. The Hall–Kier alpha value is 0.0700. The Morgan fingerprint density at radius 3 is 2.62 bits per heavy atom. The summed E-state index contributed by atoms with van der Waals surface area (Å²) in [6, 6.07) is 0. The highest BCUT2D eigenvalue weighted by molar-refractivity contribution is 8.77. The van der Waals surface area contributed by atoms with Gasteiger partial charge in [0.15, 0.2) is 0 Å². The van der Waals surface area contributed by atoms with Gasteiger partial charge in [0.25, 0.3) is 0 Å². The van der Waals surface area contributed by atoms with Crippen LogP contribution in [0.3, 0.4) is 0 Å². The quantitative estimate of drug-likeness (QED) is 0.365. The van der Waals surface area contributed by atoms with E-state index in [2.05, 4.69) is 13.2 Å². The lowest BCUT2D eigenvalue weighted by Crippen LogP contribution is -1.96. The summed E-state index contributed by atoms with van der Waals surface area (Å²) < 4.78 is 11.1. The van der Waals surface area contributed by atoms with Crippen LogP contribution >= 0.6 is 21.6 Å². The summed E-state index contributed by atoms with van der Waals surface area (Å²) in [5.74, 6) is 2.13. The Balaban J connectivity index is 3.34. The van der Waals surface area contributed by atoms with E-state index in [1.807, 2.05) is 17.6 Å². The van der Waals surface area contributed by atoms with Crippen LogP contribution in [0.15, 0.2) is 36.8 Å². The Labute approximate surface area is 90.6 Å². The lowest BCUT2D eigenvalue weighted by molar-refractivity contribution is 0.687. The summed E-state index contributed by atoms with van der Waals surface area (Å²) in [4.78, 5) is 0. The van der Waals surface area contributed by atoms with Crippen molar-refractivity contribution in [3.63, 3.8) is 0 Å². The first-order chi connectivity index (χ1) is 6.31. The molecule has 0 N–H and O–H groups in total. The van der Waals surface area contributed by atoms with Gasteiger partial charge in [-0.05, 0) is 5.41 Å². The standard InChI is InChI=1S/C9H14OS3/c1-3-6-11-12-7-5-9-13(10)8-4-2/h3-5,7H,1-2,6,8-9H2/t13-/m1/s1. The smallest absolute Gasteiger partial charge is 0.0426 e. The molecule has 0 aliphatic rings. The van der Waals surface area contributed by atoms with Gasteiger partial charge in [0.05, 0.1) is 0 Å². The van der Waals surface area contributed by atoms with E-state index < -0.39 is 10.8 Å². The Kier molecular flexibility index (Phi) is 10.2. The molecule has 0 fully saturated rings. The van der Waals surface area contributed by atoms with E-state index in [9.17, 15) is 4.21 Å². The minimum absolute atomic E-state index is 0.578. The van der Waals surface area contributed by atoms with Gasteiger partial charge in [0.1, 0.15) is 0 Å². The van der Waals surface area contributed by atoms with Crippen LogP contribution in [0.4, 0.5) is 0 Å². The van der Waals surface area contributed by atoms with Crippen LogP contribution in [0.1, 0.15) is 0 Å². The van der Waals surface area contributed by atoms with Gasteiger partial charge in [-0.3, -0.25) is 4.21 Å². The van der Waals surface area contributed by atoms with Crippen molar-refractivity contribution in [2.24, 2.45) is 0 Å². The molecule has 0 radical (unpaired) electrons. The van der Waals surface area contributed by atoms with Crippen molar-refractivity contribution < 1.29 is 4.21 Å². The van der Waals surface area contributed by atoms with E-state index in [4.69, 9.17) is 0 Å². The number of hydrogen-bond acceptors (Lipinski definition) is 3. The van der Waals surface area contributed by atoms with Gasteiger partial charge >= 0.3 is 0 Å². The molecule has 0 bridgehead atoms. The summed E-state index contributed by atoms with van der Waals surface area (Å²) in [7, 11) is 2.58. The maximum Gasteiger partial charge on any atom is 0.0426 e. The SMILES string of the molecule is C=CCSSC=CC[S@](=O)CC=C. The average molecular weight is 234 g/mol. The largest absolute Gasteiger partial charge is 0.259 e. The topological polar surface area (TPSA) is 17.1 Å². The third kappa shape index (κ3) is 9.99. The van der Waals surface area contributed by atoms with E-state index >= 15 is 0 Å². The fraction of sp³-hybridized carbons (Fsp3) is 0.333. The second kappa shape index (κ2) is 10.2. The summed E-state index contributed by atoms with van der Waals surface area (Å²) in [6.07, 6.45) is 5.48. The monoisotopic (exact) mass is 234 g/mol. The van der Waals surface area contributed by atoms with E-state index in [0.29, 0.717) is 11.5 Å². The van der Waals surface area contributed by atoms with Crippen LogP contribution in [0, 0.1) is 0 Å². The van der Waals surface area contributed by atoms with Gasteiger partial charge in [-0.15, -0.1) is 13.2 Å². The lowest BCUT2D eigenvalue weighted by Gasteiger charge is -1.91. The minimum Gasteiger partial charge on any atom is -0.259 e. The molecular formula is C9H14OS3. The lowest BCUT2D eigenvalue weighted by atomic mass is 10.8. The molecule has 0 aliphatic carbocycles. The molecule has 0 saturated heterocycles. The van der Waals surface area contributed by atoms with E-state index in [1.165, 1.54) is 0 Å². The Morgan fingerprint density at radius 1 is 1.23 bits per heavy atom. The normalized spacial score (nSPS) is 12.9. The summed E-state index contributed by atoms with van der Waals surface area (Å²) in [6.45, 7) is 7.14. The summed E-state index contributed by atoms with van der Waals surface area (Å²) in [5, 5.41) is 1.97. The zero-order valence-electron chi connectivity index (χ0n) is 7.48. The van der Waals surface area contributed by atoms with E-state index in [-0.39, 0.29) is 0 Å². The third-order valence-corrected chi connectivity index (χ3v) is 4.12. The van der Waals surface area contributed by atoms with Gasteiger partial charge in [-0.1, -0.05) is 39.8 Å². The zero-order chi connectivity index (χ0) is 9.94. The average Bonchev–Trinajstić information content (AvgIpc) is 2.11. The predicted molar refractivity (Wildman–Crippen MR) is 67.5 cm³/mol. The second-order valence-corrected chi connectivity index (χ2v) is 5.97. The highest BCUT2D eigenvalue weighted by atomic mass is 33.1. The molecule has 13 heavy (non-hydrogen) atoms. The molecule has 0 heterocycles. The number of hydrogen-bond donors (Lipinski definition) is 0. The molecule has 4 heteroatoms. The highest BCUT2D eigenvalue weighted by Gasteiger charge is 1.90. The molecule has 0 amide bonds. The maximum absolute atomic E-state index is 11.1. The molecule has 0 aromatic carbocycles. The van der Waals surface area contributed by atoms with Crippen molar-refractivity contribution in [1.29, 1.82) is 0 Å². The van der Waals surface area contributed by atoms with Crippen molar-refractivity contribution in [1.82, 2.24) is 0 Å². The third-order valence-electron chi connectivity index (χ3n) is 0.992. The Morgan fingerprint density at radius 2 is 2.00 bits per heavy atom. The molecule has 0 aromatic rings. The van der Waals surface area contributed by atoms with Crippen LogP contribution in [0.5, 0.6) is 0 Å². The molecule has 1 nitrogen and oxygen atoms in total. The second-order valence-electron chi connectivity index (χ2n) is 2.10. The van der Waals surface area contributed by atoms with Gasteiger partial charge in [-0.2, -0.15) is 0 Å². The van der Waals surface area contributed by atoms with Crippen LogP contribution < -0.4 is 0 Å². The molecule has 0 spiro atoms. The highest BCUT2D eigenvalue weighted by Crippen LogP contribution is 2.21. The molecule has 0 rings (SSSR count). The summed E-state index contributed by atoms with van der Waals surface area (Å²) in [5.41, 5.74) is 0. The fourth-order valence-electron chi connectivity index (χ4n) is 0.512. The molecule has 0 aromatic heterocycles. The molecule has 0 aliphatic heterocycles. The maximum atomic E-state index is 11.1. The molecule has 0 unspecified atom stereocenters. The minimum atomic E-state index is -0.775. The van der Waals surface area contributed by atoms with Gasteiger partial charge in [-0.25, -0.2) is 0 Å². The van der Waals surface area contributed by atoms with Gasteiger partial charge in [0, 0.05) is 28.1 Å². The van der Waals surface area contributed by atoms with Crippen LogP contribution in [0.2, 0.25) is 0 Å². The van der Waals surface area contributed by atoms with E-state index in [1.54, 1.807) is 27.7 Å². The first-order valence-electron chi connectivity index (χ1n) is 3.81. The zero-order valence-corrected chi connectivity index (χ0v) is 9.93. The first kappa shape index (κ1) is 13.1. The van der Waals surface area contributed by atoms with Crippen molar-refractivity contribution in [3.8, 4) is 0 Å². The predicted octanol–water partition coefficient (Wildman–Crippen LogP) is 3.00. The Bertz CT molecular complexity index is 199. The molecule has 1 atom stereocenters.